The first kappa shape index (κ1) is 14.2. The highest BCUT2D eigenvalue weighted by atomic mass is 32.2. The number of anilines is 2. The Hall–Kier alpha value is -1.25. The summed E-state index contributed by atoms with van der Waals surface area (Å²) in [5, 5.41) is 0.246. The number of aryl methyl sites for hydroxylation is 1. The van der Waals surface area contributed by atoms with Crippen LogP contribution in [0.1, 0.15) is 5.69 Å². The van der Waals surface area contributed by atoms with E-state index in [2.05, 4.69) is 9.71 Å². The van der Waals surface area contributed by atoms with Crippen LogP contribution in [0.3, 0.4) is 0 Å². The van der Waals surface area contributed by atoms with Gasteiger partial charge in [-0.25, -0.2) is 13.4 Å². The third-order valence-electron chi connectivity index (χ3n) is 2.36. The van der Waals surface area contributed by atoms with Crippen molar-refractivity contribution in [3.05, 3.63) is 30.0 Å². The lowest BCUT2D eigenvalue weighted by Crippen LogP contribution is -2.12. The molecule has 0 unspecified atom stereocenters. The summed E-state index contributed by atoms with van der Waals surface area (Å²) in [7, 11) is -3.62. The maximum absolute atomic E-state index is 12.2. The van der Waals surface area contributed by atoms with Crippen LogP contribution in [0.15, 0.2) is 33.4 Å². The van der Waals surface area contributed by atoms with Gasteiger partial charge in [0, 0.05) is 10.6 Å². The Kier molecular flexibility index (Phi) is 4.02. The molecular formula is C11H13N3O2S3. The lowest BCUT2D eigenvalue weighted by atomic mass is 10.3. The van der Waals surface area contributed by atoms with Crippen LogP contribution in [-0.2, 0) is 10.0 Å². The topological polar surface area (TPSA) is 85.1 Å². The standard InChI is InChI=1S/C11H13N3O2S3/c1-7-10(18-11(12)13-7)19(15,16)14-8-3-5-9(17-2)6-4-8/h3-6,14H,1-2H3,(H2,12,13). The molecule has 0 spiro atoms. The first-order valence-electron chi connectivity index (χ1n) is 5.32. The van der Waals surface area contributed by atoms with Crippen LogP contribution in [0.5, 0.6) is 0 Å². The van der Waals surface area contributed by atoms with Gasteiger partial charge in [0.2, 0.25) is 0 Å². The molecule has 0 aliphatic rings. The molecule has 2 rings (SSSR count). The second-order valence-corrected chi connectivity index (χ2v) is 7.55. The fraction of sp³-hybridized carbons (Fsp3) is 0.182. The van der Waals surface area contributed by atoms with Gasteiger partial charge in [-0.2, -0.15) is 0 Å². The zero-order valence-electron chi connectivity index (χ0n) is 10.4. The lowest BCUT2D eigenvalue weighted by Gasteiger charge is -2.07. The Bertz CT molecular complexity index is 678. The molecule has 8 heteroatoms. The molecule has 1 heterocycles. The Morgan fingerprint density at radius 1 is 1.32 bits per heavy atom. The predicted octanol–water partition coefficient (Wildman–Crippen LogP) is 2.56. The van der Waals surface area contributed by atoms with E-state index in [4.69, 9.17) is 5.73 Å². The van der Waals surface area contributed by atoms with Gasteiger partial charge in [0.05, 0.1) is 5.69 Å². The average Bonchev–Trinajstić information content (AvgIpc) is 2.70. The van der Waals surface area contributed by atoms with E-state index in [1.54, 1.807) is 30.8 Å². The zero-order chi connectivity index (χ0) is 14.0. The van der Waals surface area contributed by atoms with Crippen molar-refractivity contribution in [3.63, 3.8) is 0 Å². The highest BCUT2D eigenvalue weighted by Crippen LogP contribution is 2.27. The average molecular weight is 315 g/mol. The van der Waals surface area contributed by atoms with Crippen molar-refractivity contribution < 1.29 is 8.42 Å². The van der Waals surface area contributed by atoms with Crippen LogP contribution in [0.4, 0.5) is 10.8 Å². The van der Waals surface area contributed by atoms with E-state index >= 15 is 0 Å². The van der Waals surface area contributed by atoms with Gasteiger partial charge >= 0.3 is 0 Å². The summed E-state index contributed by atoms with van der Waals surface area (Å²) < 4.78 is 27.0. The van der Waals surface area contributed by atoms with Gasteiger partial charge in [-0.1, -0.05) is 11.3 Å². The van der Waals surface area contributed by atoms with Crippen molar-refractivity contribution in [2.24, 2.45) is 0 Å². The van der Waals surface area contributed by atoms with Crippen LogP contribution >= 0.6 is 23.1 Å². The zero-order valence-corrected chi connectivity index (χ0v) is 12.8. The monoisotopic (exact) mass is 315 g/mol. The molecule has 0 radical (unpaired) electrons. The maximum Gasteiger partial charge on any atom is 0.273 e. The van der Waals surface area contributed by atoms with Crippen molar-refractivity contribution >= 4 is 43.9 Å². The van der Waals surface area contributed by atoms with Gasteiger partial charge in [0.25, 0.3) is 10.0 Å². The Morgan fingerprint density at radius 3 is 2.42 bits per heavy atom. The van der Waals surface area contributed by atoms with Gasteiger partial charge in [-0.05, 0) is 37.4 Å². The number of thioether (sulfide) groups is 1. The summed E-state index contributed by atoms with van der Waals surface area (Å²) in [6, 6.07) is 7.17. The van der Waals surface area contributed by atoms with E-state index in [1.165, 1.54) is 0 Å². The molecule has 1 aromatic heterocycles. The minimum Gasteiger partial charge on any atom is -0.375 e. The maximum atomic E-state index is 12.2. The van der Waals surface area contributed by atoms with E-state index in [0.29, 0.717) is 11.4 Å². The number of sulfonamides is 1. The largest absolute Gasteiger partial charge is 0.375 e. The summed E-state index contributed by atoms with van der Waals surface area (Å²) in [5.74, 6) is 0. The fourth-order valence-corrected chi connectivity index (χ4v) is 4.28. The van der Waals surface area contributed by atoms with Crippen molar-refractivity contribution in [1.82, 2.24) is 4.98 Å². The number of hydrogen-bond donors (Lipinski definition) is 2. The minimum absolute atomic E-state index is 0.152. The molecule has 5 nitrogen and oxygen atoms in total. The summed E-state index contributed by atoms with van der Waals surface area (Å²) in [5.41, 5.74) is 6.45. The summed E-state index contributed by atoms with van der Waals surface area (Å²) >= 11 is 2.56. The second kappa shape index (κ2) is 5.40. The molecule has 0 aliphatic heterocycles. The minimum atomic E-state index is -3.62. The van der Waals surface area contributed by atoms with Gasteiger partial charge in [-0.3, -0.25) is 4.72 Å². The number of nitrogens with one attached hydrogen (secondary N) is 1. The van der Waals surface area contributed by atoms with Gasteiger partial charge in [-0.15, -0.1) is 11.8 Å². The van der Waals surface area contributed by atoms with E-state index in [-0.39, 0.29) is 9.34 Å². The van der Waals surface area contributed by atoms with Crippen molar-refractivity contribution in [2.75, 3.05) is 16.7 Å². The van der Waals surface area contributed by atoms with E-state index in [0.717, 1.165) is 16.2 Å². The molecule has 0 saturated heterocycles. The van der Waals surface area contributed by atoms with Crippen LogP contribution in [0.25, 0.3) is 0 Å². The molecule has 0 fully saturated rings. The molecule has 102 valence electrons. The molecule has 19 heavy (non-hydrogen) atoms. The molecule has 0 aliphatic carbocycles. The number of hydrogen-bond acceptors (Lipinski definition) is 6. The van der Waals surface area contributed by atoms with Crippen LogP contribution < -0.4 is 10.5 Å². The number of aromatic nitrogens is 1. The van der Waals surface area contributed by atoms with Gasteiger partial charge < -0.3 is 5.73 Å². The normalized spacial score (nSPS) is 11.5. The van der Waals surface area contributed by atoms with Crippen LogP contribution in [0, 0.1) is 6.92 Å². The molecule has 1 aromatic carbocycles. The van der Waals surface area contributed by atoms with E-state index in [1.807, 2.05) is 18.4 Å². The number of benzene rings is 1. The van der Waals surface area contributed by atoms with Crippen molar-refractivity contribution in [1.29, 1.82) is 0 Å². The Morgan fingerprint density at radius 2 is 1.95 bits per heavy atom. The second-order valence-electron chi connectivity index (χ2n) is 3.76. The van der Waals surface area contributed by atoms with Crippen LogP contribution in [-0.4, -0.2) is 19.7 Å². The van der Waals surface area contributed by atoms with Gasteiger partial charge in [0.1, 0.15) is 0 Å². The third kappa shape index (κ3) is 3.20. The highest BCUT2D eigenvalue weighted by Gasteiger charge is 2.21. The third-order valence-corrected chi connectivity index (χ3v) is 6.08. The van der Waals surface area contributed by atoms with Crippen molar-refractivity contribution in [3.8, 4) is 0 Å². The fourth-order valence-electron chi connectivity index (χ4n) is 1.51. The highest BCUT2D eigenvalue weighted by molar-refractivity contribution is 7.98. The number of rotatable bonds is 4. The summed E-state index contributed by atoms with van der Waals surface area (Å²) in [6.45, 7) is 1.62. The van der Waals surface area contributed by atoms with E-state index < -0.39 is 10.0 Å². The number of thiazole rings is 1. The molecule has 0 amide bonds. The number of nitrogens with zero attached hydrogens (tertiary/aromatic N) is 1. The SMILES string of the molecule is CSc1ccc(NS(=O)(=O)c2sc(N)nc2C)cc1. The van der Waals surface area contributed by atoms with Crippen molar-refractivity contribution in [2.45, 2.75) is 16.0 Å². The molecule has 0 atom stereocenters. The first-order valence-corrected chi connectivity index (χ1v) is 8.84. The number of nitrogen functional groups attached to an aromatic ring is 1. The molecule has 0 bridgehead atoms. The summed E-state index contributed by atoms with van der Waals surface area (Å²) in [6.07, 6.45) is 1.96. The van der Waals surface area contributed by atoms with Crippen LogP contribution in [0.2, 0.25) is 0 Å². The quantitative estimate of drug-likeness (QED) is 0.847. The Labute approximate surface area is 120 Å². The molecule has 2 aromatic rings. The number of nitrogens with two attached hydrogens (primary N) is 1. The molecule has 3 N–H and O–H groups in total. The summed E-state index contributed by atoms with van der Waals surface area (Å²) in [4.78, 5) is 4.99. The first-order chi connectivity index (χ1) is 8.92. The van der Waals surface area contributed by atoms with Gasteiger partial charge in [0.15, 0.2) is 9.34 Å². The lowest BCUT2D eigenvalue weighted by molar-refractivity contribution is 0.602. The van der Waals surface area contributed by atoms with E-state index in [9.17, 15) is 8.42 Å². The smallest absolute Gasteiger partial charge is 0.273 e. The predicted molar refractivity (Wildman–Crippen MR) is 80.3 cm³/mol. The molecular weight excluding hydrogens is 302 g/mol. The Balaban J connectivity index is 2.28. The molecule has 0 saturated carbocycles.